The van der Waals surface area contributed by atoms with Crippen molar-refractivity contribution in [2.45, 2.75) is 26.8 Å². The molecule has 0 spiro atoms. The summed E-state index contributed by atoms with van der Waals surface area (Å²) in [5.74, 6) is 0.310. The highest BCUT2D eigenvalue weighted by molar-refractivity contribution is 7.89. The molecule has 0 heterocycles. The summed E-state index contributed by atoms with van der Waals surface area (Å²) >= 11 is 0. The lowest BCUT2D eigenvalue weighted by atomic mass is 10.3. The summed E-state index contributed by atoms with van der Waals surface area (Å²) in [6, 6.07) is -0.172. The van der Waals surface area contributed by atoms with Gasteiger partial charge in [-0.05, 0) is 12.8 Å². The normalized spacial score (nSPS) is 15.1. The number of nitrogens with two attached hydrogens (primary N) is 1. The predicted molar refractivity (Wildman–Crippen MR) is 50.3 cm³/mol. The minimum Gasteiger partial charge on any atom is -0.329 e. The van der Waals surface area contributed by atoms with Crippen molar-refractivity contribution in [2.75, 3.05) is 12.3 Å². The Morgan fingerprint density at radius 1 is 1.33 bits per heavy atom. The molecule has 4 nitrogen and oxygen atoms in total. The van der Waals surface area contributed by atoms with Gasteiger partial charge >= 0.3 is 0 Å². The van der Waals surface area contributed by atoms with E-state index in [0.29, 0.717) is 6.54 Å². The fourth-order valence-corrected chi connectivity index (χ4v) is 2.52. The molecule has 0 aliphatic rings. The van der Waals surface area contributed by atoms with Crippen molar-refractivity contribution >= 4 is 10.0 Å². The minimum absolute atomic E-state index is 0.146. The molecule has 0 amide bonds. The molecule has 0 aromatic rings. The SMILES string of the molecule is CC(C)CS(=O)(=O)N[C@H](C)CN. The molecular weight excluding hydrogens is 176 g/mol. The lowest BCUT2D eigenvalue weighted by molar-refractivity contribution is 0.551. The van der Waals surface area contributed by atoms with Gasteiger partial charge in [-0.15, -0.1) is 0 Å². The third kappa shape index (κ3) is 5.51. The lowest BCUT2D eigenvalue weighted by Gasteiger charge is -2.12. The molecule has 0 saturated heterocycles. The highest BCUT2D eigenvalue weighted by Gasteiger charge is 2.14. The quantitative estimate of drug-likeness (QED) is 0.642. The summed E-state index contributed by atoms with van der Waals surface area (Å²) in [5, 5.41) is 0. The topological polar surface area (TPSA) is 72.2 Å². The maximum atomic E-state index is 11.2. The van der Waals surface area contributed by atoms with Crippen LogP contribution in [0.2, 0.25) is 0 Å². The summed E-state index contributed by atoms with van der Waals surface area (Å²) in [6.07, 6.45) is 0. The molecule has 3 N–H and O–H groups in total. The van der Waals surface area contributed by atoms with Crippen molar-refractivity contribution < 1.29 is 8.42 Å². The molecular formula is C7H18N2O2S. The van der Waals surface area contributed by atoms with Crippen molar-refractivity contribution in [3.8, 4) is 0 Å². The van der Waals surface area contributed by atoms with Crippen molar-refractivity contribution in [2.24, 2.45) is 11.7 Å². The standard InChI is InChI=1S/C7H18N2O2S/c1-6(2)5-12(10,11)9-7(3)4-8/h6-7,9H,4-5,8H2,1-3H3/t7-/m1/s1. The van der Waals surface area contributed by atoms with Gasteiger partial charge in [0.25, 0.3) is 0 Å². The van der Waals surface area contributed by atoms with Crippen LogP contribution in [0.3, 0.4) is 0 Å². The average Bonchev–Trinajstić information content (AvgIpc) is 1.83. The molecule has 0 bridgehead atoms. The fourth-order valence-electron chi connectivity index (χ4n) is 0.842. The Kier molecular flexibility index (Phi) is 4.74. The van der Waals surface area contributed by atoms with Crippen LogP contribution in [0.1, 0.15) is 20.8 Å². The van der Waals surface area contributed by atoms with Gasteiger partial charge in [-0.2, -0.15) is 0 Å². The van der Waals surface area contributed by atoms with E-state index in [4.69, 9.17) is 5.73 Å². The first kappa shape index (κ1) is 11.9. The first-order valence-electron chi connectivity index (χ1n) is 4.07. The number of hydrogen-bond acceptors (Lipinski definition) is 3. The molecule has 0 unspecified atom stereocenters. The van der Waals surface area contributed by atoms with Crippen LogP contribution in [-0.2, 0) is 10.0 Å². The van der Waals surface area contributed by atoms with Gasteiger partial charge in [0, 0.05) is 12.6 Å². The van der Waals surface area contributed by atoms with Gasteiger partial charge in [-0.3, -0.25) is 0 Å². The highest BCUT2D eigenvalue weighted by Crippen LogP contribution is 1.98. The third-order valence-electron chi connectivity index (χ3n) is 1.29. The molecule has 0 fully saturated rings. The van der Waals surface area contributed by atoms with E-state index in [1.807, 2.05) is 13.8 Å². The number of hydrogen-bond donors (Lipinski definition) is 2. The van der Waals surface area contributed by atoms with Crippen LogP contribution in [0.4, 0.5) is 0 Å². The minimum atomic E-state index is -3.12. The summed E-state index contributed by atoms with van der Waals surface area (Å²) in [7, 11) is -3.12. The van der Waals surface area contributed by atoms with Crippen LogP contribution < -0.4 is 10.5 Å². The zero-order valence-electron chi connectivity index (χ0n) is 7.87. The second-order valence-electron chi connectivity index (χ2n) is 3.43. The lowest BCUT2D eigenvalue weighted by Crippen LogP contribution is -2.39. The Bertz CT molecular complexity index is 211. The second-order valence-corrected chi connectivity index (χ2v) is 5.23. The summed E-state index contributed by atoms with van der Waals surface area (Å²) < 4.78 is 25.0. The average molecular weight is 194 g/mol. The second kappa shape index (κ2) is 4.79. The van der Waals surface area contributed by atoms with Gasteiger partial charge in [0.2, 0.25) is 10.0 Å². The zero-order valence-corrected chi connectivity index (χ0v) is 8.69. The Labute approximate surface area is 74.6 Å². The summed E-state index contributed by atoms with van der Waals surface area (Å²) in [5.41, 5.74) is 5.28. The predicted octanol–water partition coefficient (Wildman–Crippen LogP) is -0.0910. The molecule has 0 aromatic carbocycles. The van der Waals surface area contributed by atoms with E-state index in [-0.39, 0.29) is 17.7 Å². The van der Waals surface area contributed by atoms with E-state index < -0.39 is 10.0 Å². The van der Waals surface area contributed by atoms with E-state index in [2.05, 4.69) is 4.72 Å². The molecule has 0 saturated carbocycles. The number of rotatable bonds is 5. The van der Waals surface area contributed by atoms with Crippen LogP contribution in [0, 0.1) is 5.92 Å². The number of nitrogens with one attached hydrogen (secondary N) is 1. The van der Waals surface area contributed by atoms with Crippen molar-refractivity contribution in [3.63, 3.8) is 0 Å². The first-order valence-corrected chi connectivity index (χ1v) is 5.72. The monoisotopic (exact) mass is 194 g/mol. The molecule has 0 aromatic heterocycles. The molecule has 5 heteroatoms. The highest BCUT2D eigenvalue weighted by atomic mass is 32.2. The maximum Gasteiger partial charge on any atom is 0.212 e. The third-order valence-corrected chi connectivity index (χ3v) is 3.15. The molecule has 0 rings (SSSR count). The molecule has 0 aliphatic heterocycles. The Morgan fingerprint density at radius 2 is 1.83 bits per heavy atom. The Morgan fingerprint density at radius 3 is 2.17 bits per heavy atom. The van der Waals surface area contributed by atoms with Gasteiger partial charge in [0.15, 0.2) is 0 Å². The first-order chi connectivity index (χ1) is 5.37. The van der Waals surface area contributed by atoms with E-state index in [9.17, 15) is 8.42 Å². The van der Waals surface area contributed by atoms with Gasteiger partial charge in [-0.25, -0.2) is 13.1 Å². The molecule has 12 heavy (non-hydrogen) atoms. The van der Waals surface area contributed by atoms with Crippen LogP contribution in [0.5, 0.6) is 0 Å². The van der Waals surface area contributed by atoms with Gasteiger partial charge in [-0.1, -0.05) is 13.8 Å². The van der Waals surface area contributed by atoms with Crippen LogP contribution in [0.25, 0.3) is 0 Å². The zero-order chi connectivity index (χ0) is 9.78. The summed E-state index contributed by atoms with van der Waals surface area (Å²) in [4.78, 5) is 0. The van der Waals surface area contributed by atoms with Crippen LogP contribution >= 0.6 is 0 Å². The Balaban J connectivity index is 4.05. The van der Waals surface area contributed by atoms with Crippen molar-refractivity contribution in [1.29, 1.82) is 0 Å². The summed E-state index contributed by atoms with van der Waals surface area (Å²) in [6.45, 7) is 5.81. The van der Waals surface area contributed by atoms with Crippen molar-refractivity contribution in [3.05, 3.63) is 0 Å². The molecule has 0 aliphatic carbocycles. The van der Waals surface area contributed by atoms with Crippen molar-refractivity contribution in [1.82, 2.24) is 4.72 Å². The van der Waals surface area contributed by atoms with E-state index >= 15 is 0 Å². The van der Waals surface area contributed by atoms with Gasteiger partial charge < -0.3 is 5.73 Å². The van der Waals surface area contributed by atoms with Gasteiger partial charge in [0.05, 0.1) is 5.75 Å². The Hall–Kier alpha value is -0.130. The maximum absolute atomic E-state index is 11.2. The molecule has 0 radical (unpaired) electrons. The van der Waals surface area contributed by atoms with Crippen LogP contribution in [0.15, 0.2) is 0 Å². The molecule has 1 atom stereocenters. The fraction of sp³-hybridized carbons (Fsp3) is 1.00. The van der Waals surface area contributed by atoms with E-state index in [1.54, 1.807) is 6.92 Å². The van der Waals surface area contributed by atoms with Gasteiger partial charge in [0.1, 0.15) is 0 Å². The molecule has 74 valence electrons. The van der Waals surface area contributed by atoms with Crippen LogP contribution in [-0.4, -0.2) is 26.8 Å². The van der Waals surface area contributed by atoms with E-state index in [1.165, 1.54) is 0 Å². The number of sulfonamides is 1. The largest absolute Gasteiger partial charge is 0.329 e. The smallest absolute Gasteiger partial charge is 0.212 e. The van der Waals surface area contributed by atoms with E-state index in [0.717, 1.165) is 0 Å².